The molecule has 0 aliphatic carbocycles. The van der Waals surface area contributed by atoms with Crippen LogP contribution in [-0.4, -0.2) is 42.1 Å². The van der Waals surface area contributed by atoms with Gasteiger partial charge in [-0.15, -0.1) is 0 Å². The van der Waals surface area contributed by atoms with Gasteiger partial charge in [-0.1, -0.05) is 29.8 Å². The molecule has 3 rings (SSSR count). The standard InChI is InChI=1S/C24H25ClN2O5S/c1-27(20-8-5-7-19(25)16-20)33(29,30)21-9-4-6-18(15-21)24(28)26-13-12-17-10-11-22(31-2)23(14-17)32-3/h4-11,14-16H,12-13H2,1-3H3,(H,26,28). The first kappa shape index (κ1) is 24.4. The summed E-state index contributed by atoms with van der Waals surface area (Å²) in [6, 6.07) is 18.0. The molecule has 0 unspecified atom stereocenters. The Morgan fingerprint density at radius 2 is 1.70 bits per heavy atom. The summed E-state index contributed by atoms with van der Waals surface area (Å²) in [6.45, 7) is 0.369. The maximum atomic E-state index is 13.1. The van der Waals surface area contributed by atoms with Crippen LogP contribution in [0.3, 0.4) is 0 Å². The van der Waals surface area contributed by atoms with Crippen LogP contribution in [0.1, 0.15) is 15.9 Å². The fourth-order valence-corrected chi connectivity index (χ4v) is 4.64. The summed E-state index contributed by atoms with van der Waals surface area (Å²) in [5.74, 6) is 0.882. The smallest absolute Gasteiger partial charge is 0.264 e. The number of rotatable bonds is 9. The number of amides is 1. The van der Waals surface area contributed by atoms with E-state index in [1.165, 1.54) is 19.2 Å². The summed E-state index contributed by atoms with van der Waals surface area (Å²) in [5, 5.41) is 3.25. The molecule has 0 aliphatic heterocycles. The van der Waals surface area contributed by atoms with Crippen LogP contribution in [-0.2, 0) is 16.4 Å². The van der Waals surface area contributed by atoms with Crippen molar-refractivity contribution in [2.75, 3.05) is 32.1 Å². The lowest BCUT2D eigenvalue weighted by Gasteiger charge is -2.20. The fourth-order valence-electron chi connectivity index (χ4n) is 3.23. The van der Waals surface area contributed by atoms with Gasteiger partial charge in [-0.3, -0.25) is 9.10 Å². The van der Waals surface area contributed by atoms with Crippen LogP contribution in [0.4, 0.5) is 5.69 Å². The Labute approximate surface area is 198 Å². The summed E-state index contributed by atoms with van der Waals surface area (Å²) in [4.78, 5) is 12.7. The molecule has 3 aromatic rings. The molecule has 0 atom stereocenters. The van der Waals surface area contributed by atoms with Gasteiger partial charge >= 0.3 is 0 Å². The van der Waals surface area contributed by atoms with Gasteiger partial charge in [-0.25, -0.2) is 8.42 Å². The highest BCUT2D eigenvalue weighted by atomic mass is 35.5. The van der Waals surface area contributed by atoms with E-state index in [0.29, 0.717) is 35.2 Å². The maximum Gasteiger partial charge on any atom is 0.264 e. The van der Waals surface area contributed by atoms with Crippen molar-refractivity contribution in [3.05, 3.63) is 82.9 Å². The van der Waals surface area contributed by atoms with E-state index in [-0.39, 0.29) is 16.4 Å². The number of ether oxygens (including phenoxy) is 2. The van der Waals surface area contributed by atoms with E-state index < -0.39 is 10.0 Å². The number of nitrogens with zero attached hydrogens (tertiary/aromatic N) is 1. The summed E-state index contributed by atoms with van der Waals surface area (Å²) in [6.07, 6.45) is 0.571. The first-order valence-corrected chi connectivity index (χ1v) is 11.9. The quantitative estimate of drug-likeness (QED) is 0.489. The lowest BCUT2D eigenvalue weighted by Crippen LogP contribution is -2.28. The van der Waals surface area contributed by atoms with Gasteiger partial charge in [0.25, 0.3) is 15.9 Å². The summed E-state index contributed by atoms with van der Waals surface area (Å²) in [5.41, 5.74) is 1.64. The molecule has 1 amide bonds. The van der Waals surface area contributed by atoms with Crippen LogP contribution in [0.25, 0.3) is 0 Å². The molecule has 1 N–H and O–H groups in total. The van der Waals surface area contributed by atoms with Gasteiger partial charge in [0.1, 0.15) is 0 Å². The molecule has 0 radical (unpaired) electrons. The molecule has 33 heavy (non-hydrogen) atoms. The van der Waals surface area contributed by atoms with E-state index in [0.717, 1.165) is 9.87 Å². The minimum absolute atomic E-state index is 0.0116. The molecule has 0 saturated carbocycles. The number of halogens is 1. The van der Waals surface area contributed by atoms with Crippen molar-refractivity contribution < 1.29 is 22.7 Å². The highest BCUT2D eigenvalue weighted by Gasteiger charge is 2.22. The van der Waals surface area contributed by atoms with Crippen LogP contribution < -0.4 is 19.1 Å². The number of carbonyl (C=O) groups is 1. The molecule has 7 nitrogen and oxygen atoms in total. The first-order chi connectivity index (χ1) is 15.8. The number of hydrogen-bond acceptors (Lipinski definition) is 5. The number of nitrogens with one attached hydrogen (secondary N) is 1. The largest absolute Gasteiger partial charge is 0.493 e. The zero-order valence-electron chi connectivity index (χ0n) is 18.5. The number of hydrogen-bond donors (Lipinski definition) is 1. The Morgan fingerprint density at radius 3 is 2.39 bits per heavy atom. The maximum absolute atomic E-state index is 13.1. The van der Waals surface area contributed by atoms with Crippen LogP contribution in [0.5, 0.6) is 11.5 Å². The zero-order valence-corrected chi connectivity index (χ0v) is 20.1. The van der Waals surface area contributed by atoms with Crippen molar-refractivity contribution in [2.45, 2.75) is 11.3 Å². The second kappa shape index (κ2) is 10.6. The molecule has 3 aromatic carbocycles. The van der Waals surface area contributed by atoms with Gasteiger partial charge in [-0.05, 0) is 60.5 Å². The van der Waals surface area contributed by atoms with Gasteiger partial charge in [0.15, 0.2) is 11.5 Å². The second-order valence-electron chi connectivity index (χ2n) is 7.18. The van der Waals surface area contributed by atoms with E-state index in [9.17, 15) is 13.2 Å². The number of anilines is 1. The van der Waals surface area contributed by atoms with Crippen molar-refractivity contribution in [3.63, 3.8) is 0 Å². The Morgan fingerprint density at radius 1 is 0.970 bits per heavy atom. The third kappa shape index (κ3) is 5.77. The second-order valence-corrected chi connectivity index (χ2v) is 9.58. The van der Waals surface area contributed by atoms with Crippen LogP contribution in [0.15, 0.2) is 71.6 Å². The molecule has 0 fully saturated rings. The Bertz CT molecular complexity index is 1250. The van der Waals surface area contributed by atoms with Gasteiger partial charge in [0.2, 0.25) is 0 Å². The van der Waals surface area contributed by atoms with Crippen molar-refractivity contribution in [1.82, 2.24) is 5.32 Å². The summed E-state index contributed by atoms with van der Waals surface area (Å²) < 4.78 is 37.8. The molecule has 0 heterocycles. The van der Waals surface area contributed by atoms with E-state index >= 15 is 0 Å². The van der Waals surface area contributed by atoms with Crippen molar-refractivity contribution >= 4 is 33.2 Å². The van der Waals surface area contributed by atoms with Crippen LogP contribution >= 0.6 is 11.6 Å². The van der Waals surface area contributed by atoms with E-state index in [1.54, 1.807) is 56.7 Å². The molecule has 0 spiro atoms. The molecule has 174 valence electrons. The number of methoxy groups -OCH3 is 2. The monoisotopic (exact) mass is 488 g/mol. The highest BCUT2D eigenvalue weighted by Crippen LogP contribution is 2.28. The van der Waals surface area contributed by atoms with Crippen molar-refractivity contribution in [2.24, 2.45) is 0 Å². The average molecular weight is 489 g/mol. The van der Waals surface area contributed by atoms with Crippen molar-refractivity contribution in [3.8, 4) is 11.5 Å². The molecule has 0 aliphatic rings. The van der Waals surface area contributed by atoms with Gasteiger partial charge < -0.3 is 14.8 Å². The molecule has 0 aromatic heterocycles. The van der Waals surface area contributed by atoms with Crippen molar-refractivity contribution in [1.29, 1.82) is 0 Å². The lowest BCUT2D eigenvalue weighted by molar-refractivity contribution is 0.0954. The minimum Gasteiger partial charge on any atom is -0.493 e. The van der Waals surface area contributed by atoms with Crippen LogP contribution in [0.2, 0.25) is 5.02 Å². The average Bonchev–Trinajstić information content (AvgIpc) is 2.83. The van der Waals surface area contributed by atoms with Gasteiger partial charge in [0.05, 0.1) is 24.8 Å². The van der Waals surface area contributed by atoms with E-state index in [1.807, 2.05) is 12.1 Å². The Kier molecular flexibility index (Phi) is 7.84. The fraction of sp³-hybridized carbons (Fsp3) is 0.208. The zero-order chi connectivity index (χ0) is 24.0. The van der Waals surface area contributed by atoms with E-state index in [2.05, 4.69) is 5.32 Å². The van der Waals surface area contributed by atoms with Gasteiger partial charge in [-0.2, -0.15) is 0 Å². The highest BCUT2D eigenvalue weighted by molar-refractivity contribution is 7.92. The van der Waals surface area contributed by atoms with Crippen LogP contribution in [0, 0.1) is 0 Å². The lowest BCUT2D eigenvalue weighted by atomic mass is 10.1. The molecule has 9 heteroatoms. The third-order valence-electron chi connectivity index (χ3n) is 5.07. The predicted molar refractivity (Wildman–Crippen MR) is 129 cm³/mol. The number of carbonyl (C=O) groups excluding carboxylic acids is 1. The third-order valence-corrected chi connectivity index (χ3v) is 7.09. The topological polar surface area (TPSA) is 84.9 Å². The number of sulfonamides is 1. The summed E-state index contributed by atoms with van der Waals surface area (Å²) in [7, 11) is 0.700. The minimum atomic E-state index is -3.87. The SMILES string of the molecule is COc1ccc(CCNC(=O)c2cccc(S(=O)(=O)N(C)c3cccc(Cl)c3)c2)cc1OC. The summed E-state index contributed by atoms with van der Waals surface area (Å²) >= 11 is 5.99. The van der Waals surface area contributed by atoms with E-state index in [4.69, 9.17) is 21.1 Å². The Hall–Kier alpha value is -3.23. The molecule has 0 saturated heterocycles. The first-order valence-electron chi connectivity index (χ1n) is 10.1. The molecule has 0 bridgehead atoms. The Balaban J connectivity index is 1.69. The number of benzene rings is 3. The van der Waals surface area contributed by atoms with Gasteiger partial charge in [0, 0.05) is 24.2 Å². The normalized spacial score (nSPS) is 11.0. The molecular formula is C24H25ClN2O5S. The molecular weight excluding hydrogens is 464 g/mol. The predicted octanol–water partition coefficient (Wildman–Crippen LogP) is 4.15.